The van der Waals surface area contributed by atoms with Crippen LogP contribution < -0.4 is 0 Å². The summed E-state index contributed by atoms with van der Waals surface area (Å²) in [6, 6.07) is 0. The number of hydrogen-bond donors (Lipinski definition) is 0. The lowest BCUT2D eigenvalue weighted by Crippen LogP contribution is -2.11. The number of nitrogens with zero attached hydrogens (tertiary/aromatic N) is 3. The first-order valence-electron chi connectivity index (χ1n) is 5.28. The molecule has 1 amide bonds. The van der Waals surface area contributed by atoms with E-state index in [-0.39, 0.29) is 5.92 Å². The SMILES string of the molecule is CCCCC(CCCC=O)C(=O)N=[N+]=[N-]. The van der Waals surface area contributed by atoms with Gasteiger partial charge >= 0.3 is 0 Å². The zero-order chi connectivity index (χ0) is 11.5. The second kappa shape index (κ2) is 9.21. The van der Waals surface area contributed by atoms with Gasteiger partial charge in [0.15, 0.2) is 0 Å². The fourth-order valence-electron chi connectivity index (χ4n) is 1.42. The van der Waals surface area contributed by atoms with Crippen molar-refractivity contribution in [1.82, 2.24) is 0 Å². The van der Waals surface area contributed by atoms with Gasteiger partial charge in [0.1, 0.15) is 6.29 Å². The molecule has 0 aromatic carbocycles. The van der Waals surface area contributed by atoms with Crippen molar-refractivity contribution in [1.29, 1.82) is 0 Å². The van der Waals surface area contributed by atoms with Gasteiger partial charge in [-0.25, -0.2) is 0 Å². The number of hydrogen-bond acceptors (Lipinski definition) is 2. The van der Waals surface area contributed by atoms with Gasteiger partial charge in [0.2, 0.25) is 5.91 Å². The Labute approximate surface area is 89.5 Å². The largest absolute Gasteiger partial charge is 0.303 e. The predicted octanol–water partition coefficient (Wildman–Crippen LogP) is 3.00. The number of carbonyl (C=O) groups is 2. The molecule has 0 heterocycles. The first-order valence-corrected chi connectivity index (χ1v) is 5.28. The van der Waals surface area contributed by atoms with Crippen LogP contribution in [0.5, 0.6) is 0 Å². The van der Waals surface area contributed by atoms with Crippen LogP contribution in [0.3, 0.4) is 0 Å². The summed E-state index contributed by atoms with van der Waals surface area (Å²) < 4.78 is 0. The topological polar surface area (TPSA) is 82.9 Å². The summed E-state index contributed by atoms with van der Waals surface area (Å²) >= 11 is 0. The quantitative estimate of drug-likeness (QED) is 0.203. The van der Waals surface area contributed by atoms with Crippen molar-refractivity contribution in [3.63, 3.8) is 0 Å². The summed E-state index contributed by atoms with van der Waals surface area (Å²) in [5.74, 6) is -0.599. The molecule has 0 saturated heterocycles. The Morgan fingerprint density at radius 1 is 1.47 bits per heavy atom. The van der Waals surface area contributed by atoms with E-state index in [0.29, 0.717) is 19.3 Å². The third-order valence-electron chi connectivity index (χ3n) is 2.27. The van der Waals surface area contributed by atoms with Crippen LogP contribution in [0.15, 0.2) is 5.11 Å². The molecule has 0 spiro atoms. The minimum atomic E-state index is -0.392. The van der Waals surface area contributed by atoms with Crippen molar-refractivity contribution in [2.45, 2.75) is 45.4 Å². The van der Waals surface area contributed by atoms with Gasteiger partial charge < -0.3 is 4.79 Å². The van der Waals surface area contributed by atoms with Gasteiger partial charge in [0, 0.05) is 17.3 Å². The van der Waals surface area contributed by atoms with E-state index in [1.54, 1.807) is 0 Å². The fourth-order valence-corrected chi connectivity index (χ4v) is 1.42. The molecule has 0 saturated carbocycles. The van der Waals surface area contributed by atoms with Gasteiger partial charge in [-0.1, -0.05) is 19.8 Å². The Balaban J connectivity index is 4.09. The lowest BCUT2D eigenvalue weighted by atomic mass is 9.95. The molecule has 5 heteroatoms. The van der Waals surface area contributed by atoms with Crippen LogP contribution in [0.4, 0.5) is 0 Å². The maximum atomic E-state index is 11.3. The number of aldehydes is 1. The van der Waals surface area contributed by atoms with Crippen LogP contribution in [0.2, 0.25) is 0 Å². The van der Waals surface area contributed by atoms with Gasteiger partial charge in [-0.2, -0.15) is 0 Å². The lowest BCUT2D eigenvalue weighted by molar-refractivity contribution is -0.122. The zero-order valence-electron chi connectivity index (χ0n) is 9.06. The van der Waals surface area contributed by atoms with Crippen LogP contribution in [-0.4, -0.2) is 12.2 Å². The van der Waals surface area contributed by atoms with Gasteiger partial charge in [-0.05, 0) is 29.9 Å². The molecule has 0 aromatic heterocycles. The van der Waals surface area contributed by atoms with Crippen molar-refractivity contribution >= 4 is 12.2 Å². The van der Waals surface area contributed by atoms with E-state index in [1.165, 1.54) is 0 Å². The smallest absolute Gasteiger partial charge is 0.222 e. The molecule has 0 aromatic rings. The Hall–Kier alpha value is -1.35. The monoisotopic (exact) mass is 211 g/mol. The molecule has 1 unspecified atom stereocenters. The minimum absolute atomic E-state index is 0.208. The Bertz CT molecular complexity index is 247. The summed E-state index contributed by atoms with van der Waals surface area (Å²) in [5, 5.41) is 3.11. The van der Waals surface area contributed by atoms with E-state index in [2.05, 4.69) is 10.0 Å². The van der Waals surface area contributed by atoms with E-state index < -0.39 is 5.91 Å². The molecule has 15 heavy (non-hydrogen) atoms. The summed E-state index contributed by atoms with van der Waals surface area (Å²) in [6.45, 7) is 2.04. The maximum Gasteiger partial charge on any atom is 0.222 e. The maximum absolute atomic E-state index is 11.3. The molecule has 0 bridgehead atoms. The standard InChI is InChI=1S/C10H17N3O2/c1-2-3-6-9(7-4-5-8-14)10(15)12-13-11/h8-9H,2-7H2,1H3. The number of azide groups is 1. The zero-order valence-corrected chi connectivity index (χ0v) is 9.06. The van der Waals surface area contributed by atoms with E-state index in [0.717, 1.165) is 25.5 Å². The molecule has 0 N–H and O–H groups in total. The van der Waals surface area contributed by atoms with Crippen LogP contribution in [-0.2, 0) is 9.59 Å². The molecular weight excluding hydrogens is 194 g/mol. The molecule has 0 rings (SSSR count). The second-order valence-electron chi connectivity index (χ2n) is 3.46. The molecular formula is C10H17N3O2. The van der Waals surface area contributed by atoms with E-state index in [9.17, 15) is 9.59 Å². The molecule has 0 aliphatic carbocycles. The average molecular weight is 211 g/mol. The Morgan fingerprint density at radius 3 is 2.67 bits per heavy atom. The number of carbonyl (C=O) groups excluding carboxylic acids is 2. The van der Waals surface area contributed by atoms with Gasteiger partial charge in [-0.3, -0.25) is 4.79 Å². The highest BCUT2D eigenvalue weighted by molar-refractivity contribution is 5.79. The summed E-state index contributed by atoms with van der Waals surface area (Å²) in [5.41, 5.74) is 8.16. The van der Waals surface area contributed by atoms with Crippen molar-refractivity contribution in [3.05, 3.63) is 10.4 Å². The predicted molar refractivity (Wildman–Crippen MR) is 57.1 cm³/mol. The van der Waals surface area contributed by atoms with E-state index in [1.807, 2.05) is 6.92 Å². The van der Waals surface area contributed by atoms with Crippen molar-refractivity contribution in [3.8, 4) is 0 Å². The van der Waals surface area contributed by atoms with Crippen LogP contribution in [0, 0.1) is 5.92 Å². The van der Waals surface area contributed by atoms with Gasteiger partial charge in [0.05, 0.1) is 0 Å². The third kappa shape index (κ3) is 6.69. The highest BCUT2D eigenvalue weighted by atomic mass is 16.1. The summed E-state index contributed by atoms with van der Waals surface area (Å²) in [7, 11) is 0. The normalized spacial score (nSPS) is 11.5. The molecule has 84 valence electrons. The highest BCUT2D eigenvalue weighted by Crippen LogP contribution is 2.17. The molecule has 1 atom stereocenters. The first kappa shape index (κ1) is 13.7. The van der Waals surface area contributed by atoms with E-state index in [4.69, 9.17) is 5.53 Å². The van der Waals surface area contributed by atoms with Crippen LogP contribution >= 0.6 is 0 Å². The van der Waals surface area contributed by atoms with E-state index >= 15 is 0 Å². The molecule has 0 radical (unpaired) electrons. The number of unbranched alkanes of at least 4 members (excludes halogenated alkanes) is 2. The van der Waals surface area contributed by atoms with Crippen molar-refractivity contribution < 1.29 is 9.59 Å². The van der Waals surface area contributed by atoms with Gasteiger partial charge in [0.25, 0.3) is 0 Å². The number of rotatable bonds is 8. The summed E-state index contributed by atoms with van der Waals surface area (Å²) in [4.78, 5) is 24.0. The fraction of sp³-hybridized carbons (Fsp3) is 0.800. The number of amides is 1. The second-order valence-corrected chi connectivity index (χ2v) is 3.46. The molecule has 0 aliphatic heterocycles. The van der Waals surface area contributed by atoms with Crippen LogP contribution in [0.25, 0.3) is 10.4 Å². The summed E-state index contributed by atoms with van der Waals surface area (Å²) in [6.07, 6.45) is 5.32. The molecule has 5 nitrogen and oxygen atoms in total. The lowest BCUT2D eigenvalue weighted by Gasteiger charge is -2.11. The van der Waals surface area contributed by atoms with Crippen molar-refractivity contribution in [2.24, 2.45) is 11.0 Å². The Morgan fingerprint density at radius 2 is 2.13 bits per heavy atom. The minimum Gasteiger partial charge on any atom is -0.303 e. The van der Waals surface area contributed by atoms with Crippen molar-refractivity contribution in [2.75, 3.05) is 0 Å². The van der Waals surface area contributed by atoms with Gasteiger partial charge in [-0.15, -0.1) is 0 Å². The average Bonchev–Trinajstić information content (AvgIpc) is 2.23. The molecule has 0 aliphatic rings. The first-order chi connectivity index (χ1) is 7.26. The molecule has 0 fully saturated rings. The third-order valence-corrected chi connectivity index (χ3v) is 2.27. The highest BCUT2D eigenvalue weighted by Gasteiger charge is 2.15. The van der Waals surface area contributed by atoms with Crippen LogP contribution in [0.1, 0.15) is 45.4 Å². The Kier molecular flexibility index (Phi) is 8.39.